The van der Waals surface area contributed by atoms with Gasteiger partial charge in [0.15, 0.2) is 6.29 Å². The molecule has 3 nitrogen and oxygen atoms in total. The second-order valence-corrected chi connectivity index (χ2v) is 3.43. The van der Waals surface area contributed by atoms with Crippen molar-refractivity contribution in [3.63, 3.8) is 0 Å². The lowest BCUT2D eigenvalue weighted by molar-refractivity contribution is -0.157. The first-order chi connectivity index (χ1) is 4.86. The van der Waals surface area contributed by atoms with E-state index < -0.39 is 0 Å². The molecule has 2 aliphatic heterocycles. The van der Waals surface area contributed by atoms with E-state index in [-0.39, 0.29) is 12.4 Å². The molecule has 0 spiro atoms. The molecule has 0 aromatic carbocycles. The summed E-state index contributed by atoms with van der Waals surface area (Å²) >= 11 is 0. The quantitative estimate of drug-likeness (QED) is 0.506. The molecule has 56 valence electrons. The summed E-state index contributed by atoms with van der Waals surface area (Å²) in [5, 5.41) is 9.46. The van der Waals surface area contributed by atoms with E-state index in [9.17, 15) is 5.11 Å². The minimum atomic E-state index is -0.344. The van der Waals surface area contributed by atoms with Crippen LogP contribution in [0.2, 0.25) is 0 Å². The van der Waals surface area contributed by atoms with Gasteiger partial charge >= 0.3 is 0 Å². The van der Waals surface area contributed by atoms with Crippen LogP contribution >= 0.6 is 0 Å². The Morgan fingerprint density at radius 1 is 1.30 bits per heavy atom. The van der Waals surface area contributed by atoms with Gasteiger partial charge in [-0.15, -0.1) is 0 Å². The van der Waals surface area contributed by atoms with Crippen LogP contribution in [0.15, 0.2) is 0 Å². The number of rotatable bonds is 0. The van der Waals surface area contributed by atoms with Crippen LogP contribution in [0.25, 0.3) is 0 Å². The van der Waals surface area contributed by atoms with Crippen LogP contribution in [0.5, 0.6) is 0 Å². The number of fused-ring (bicyclic) bond motifs is 4. The van der Waals surface area contributed by atoms with Gasteiger partial charge in [0.2, 0.25) is 0 Å². The zero-order valence-electron chi connectivity index (χ0n) is 5.56. The summed E-state index contributed by atoms with van der Waals surface area (Å²) in [7, 11) is 0. The summed E-state index contributed by atoms with van der Waals surface area (Å²) in [6.45, 7) is 0.697. The average molecular weight is 142 g/mol. The van der Waals surface area contributed by atoms with Crippen molar-refractivity contribution in [1.29, 1.82) is 0 Å². The van der Waals surface area contributed by atoms with Gasteiger partial charge in [0, 0.05) is 0 Å². The van der Waals surface area contributed by atoms with E-state index in [4.69, 9.17) is 9.47 Å². The molecular formula is C7H10O3. The lowest BCUT2D eigenvalue weighted by Crippen LogP contribution is -2.34. The minimum absolute atomic E-state index is 0.297. The van der Waals surface area contributed by atoms with Gasteiger partial charge < -0.3 is 14.6 Å². The van der Waals surface area contributed by atoms with Gasteiger partial charge in [0.25, 0.3) is 0 Å². The highest BCUT2D eigenvalue weighted by atomic mass is 16.7. The number of ether oxygens (including phenoxy) is 2. The molecule has 3 unspecified atom stereocenters. The molecule has 1 N–H and O–H groups in total. The fourth-order valence-corrected chi connectivity index (χ4v) is 2.10. The number of aliphatic hydroxyl groups excluding tert-OH is 1. The Labute approximate surface area is 58.9 Å². The first-order valence-corrected chi connectivity index (χ1v) is 3.81. The first kappa shape index (κ1) is 5.52. The molecule has 2 bridgehead atoms. The summed E-state index contributed by atoms with van der Waals surface area (Å²) in [6.07, 6.45) is 0.807. The van der Waals surface area contributed by atoms with Gasteiger partial charge in [-0.3, -0.25) is 0 Å². The highest BCUT2D eigenvalue weighted by Crippen LogP contribution is 2.52. The van der Waals surface area contributed by atoms with Crippen molar-refractivity contribution >= 4 is 0 Å². The second-order valence-electron chi connectivity index (χ2n) is 3.43. The summed E-state index contributed by atoms with van der Waals surface area (Å²) < 4.78 is 10.6. The predicted octanol–water partition coefficient (Wildman–Crippen LogP) is -0.262. The van der Waals surface area contributed by atoms with Gasteiger partial charge in [-0.1, -0.05) is 0 Å². The second kappa shape index (κ2) is 1.55. The highest BCUT2D eigenvalue weighted by Gasteiger charge is 2.58. The first-order valence-electron chi connectivity index (χ1n) is 3.81. The van der Waals surface area contributed by atoms with Crippen molar-refractivity contribution in [3.05, 3.63) is 0 Å². The Morgan fingerprint density at radius 3 is 3.10 bits per heavy atom. The monoisotopic (exact) mass is 142 g/mol. The third-order valence-corrected chi connectivity index (χ3v) is 2.82. The van der Waals surface area contributed by atoms with E-state index in [2.05, 4.69) is 0 Å². The Bertz CT molecular complexity index is 168. The third kappa shape index (κ3) is 0.516. The van der Waals surface area contributed by atoms with Crippen LogP contribution in [0.3, 0.4) is 0 Å². The molecule has 0 aromatic rings. The molecule has 0 radical (unpaired) electrons. The highest BCUT2D eigenvalue weighted by molar-refractivity contribution is 5.03. The van der Waals surface area contributed by atoms with E-state index in [1.54, 1.807) is 0 Å². The smallest absolute Gasteiger partial charge is 0.184 e. The number of hydrogen-bond donors (Lipinski definition) is 1. The van der Waals surface area contributed by atoms with E-state index in [1.165, 1.54) is 0 Å². The standard InChI is InChI=1S/C7H10O3/c8-6-4-1-3(4)5-2-9-7(6)10-5/h3-8H,1-2H2/t3-,4?,5?,6?,7-/m1/s1. The summed E-state index contributed by atoms with van der Waals surface area (Å²) in [5.41, 5.74) is 0. The van der Waals surface area contributed by atoms with Crippen LogP contribution in [-0.2, 0) is 9.47 Å². The van der Waals surface area contributed by atoms with Crippen molar-refractivity contribution < 1.29 is 14.6 Å². The van der Waals surface area contributed by atoms with Gasteiger partial charge in [-0.25, -0.2) is 0 Å². The van der Waals surface area contributed by atoms with Crippen LogP contribution < -0.4 is 0 Å². The molecule has 1 aliphatic carbocycles. The molecule has 10 heavy (non-hydrogen) atoms. The normalized spacial score (nSPS) is 63.9. The van der Waals surface area contributed by atoms with Gasteiger partial charge in [0.05, 0.1) is 12.7 Å². The lowest BCUT2D eigenvalue weighted by atomic mass is 10.1. The Balaban J connectivity index is 1.91. The molecular weight excluding hydrogens is 132 g/mol. The topological polar surface area (TPSA) is 38.7 Å². The van der Waals surface area contributed by atoms with Crippen molar-refractivity contribution in [1.82, 2.24) is 0 Å². The molecule has 2 saturated heterocycles. The molecule has 0 amide bonds. The van der Waals surface area contributed by atoms with Crippen molar-refractivity contribution in [3.8, 4) is 0 Å². The Hall–Kier alpha value is -0.120. The molecule has 3 fully saturated rings. The van der Waals surface area contributed by atoms with E-state index >= 15 is 0 Å². The Morgan fingerprint density at radius 2 is 2.20 bits per heavy atom. The lowest BCUT2D eigenvalue weighted by Gasteiger charge is -2.22. The summed E-state index contributed by atoms with van der Waals surface area (Å²) in [4.78, 5) is 0. The minimum Gasteiger partial charge on any atom is -0.388 e. The molecule has 2 heterocycles. The van der Waals surface area contributed by atoms with Crippen LogP contribution in [-0.4, -0.2) is 30.2 Å². The molecule has 5 atom stereocenters. The van der Waals surface area contributed by atoms with Crippen molar-refractivity contribution in [2.24, 2.45) is 11.8 Å². The number of hydrogen-bond acceptors (Lipinski definition) is 3. The predicted molar refractivity (Wildman–Crippen MR) is 32.2 cm³/mol. The van der Waals surface area contributed by atoms with E-state index in [0.717, 1.165) is 6.42 Å². The number of aliphatic hydroxyl groups is 1. The van der Waals surface area contributed by atoms with Crippen molar-refractivity contribution in [2.75, 3.05) is 6.61 Å². The SMILES string of the molecule is OC1C2C[C@H]2C2CO[C@@H]1O2. The van der Waals surface area contributed by atoms with Crippen molar-refractivity contribution in [2.45, 2.75) is 24.9 Å². The molecule has 3 heteroatoms. The molecule has 3 rings (SSSR count). The third-order valence-electron chi connectivity index (χ3n) is 2.82. The molecule has 0 aromatic heterocycles. The fourth-order valence-electron chi connectivity index (χ4n) is 2.10. The Kier molecular flexibility index (Phi) is 0.854. The maximum Gasteiger partial charge on any atom is 0.184 e. The zero-order valence-corrected chi connectivity index (χ0v) is 5.56. The fraction of sp³-hybridized carbons (Fsp3) is 1.00. The molecule has 1 saturated carbocycles. The largest absolute Gasteiger partial charge is 0.388 e. The van der Waals surface area contributed by atoms with Gasteiger partial charge in [0.1, 0.15) is 6.10 Å². The average Bonchev–Trinajstić information content (AvgIpc) is 2.61. The van der Waals surface area contributed by atoms with Gasteiger partial charge in [-0.05, 0) is 18.3 Å². The van der Waals surface area contributed by atoms with Crippen LogP contribution in [0, 0.1) is 11.8 Å². The van der Waals surface area contributed by atoms with Crippen LogP contribution in [0.4, 0.5) is 0 Å². The van der Waals surface area contributed by atoms with E-state index in [1.807, 2.05) is 0 Å². The van der Waals surface area contributed by atoms with Gasteiger partial charge in [-0.2, -0.15) is 0 Å². The van der Waals surface area contributed by atoms with Crippen LogP contribution in [0.1, 0.15) is 6.42 Å². The maximum atomic E-state index is 9.46. The summed E-state index contributed by atoms with van der Waals surface area (Å²) in [5.74, 6) is 1.10. The maximum absolute atomic E-state index is 9.46. The zero-order chi connectivity index (χ0) is 6.72. The van der Waals surface area contributed by atoms with E-state index in [0.29, 0.717) is 24.5 Å². The molecule has 3 aliphatic rings. The summed E-state index contributed by atoms with van der Waals surface area (Å²) in [6, 6.07) is 0.